The van der Waals surface area contributed by atoms with E-state index >= 15 is 0 Å². The molecule has 4 nitrogen and oxygen atoms in total. The average molecular weight is 269 g/mol. The van der Waals surface area contributed by atoms with E-state index in [-0.39, 0.29) is 11.9 Å². The van der Waals surface area contributed by atoms with Crippen molar-refractivity contribution in [1.82, 2.24) is 15.5 Å². The summed E-state index contributed by atoms with van der Waals surface area (Å²) in [5.74, 6) is 0.866. The lowest BCUT2D eigenvalue weighted by molar-refractivity contribution is -0.123. The summed E-state index contributed by atoms with van der Waals surface area (Å²) in [4.78, 5) is 14.3. The van der Waals surface area contributed by atoms with Crippen LogP contribution in [0.25, 0.3) is 0 Å². The largest absolute Gasteiger partial charge is 0.353 e. The van der Waals surface area contributed by atoms with Gasteiger partial charge in [0.1, 0.15) is 0 Å². The topological polar surface area (TPSA) is 44.4 Å². The summed E-state index contributed by atoms with van der Waals surface area (Å²) in [6, 6.07) is 1.20. The second kappa shape index (κ2) is 7.85. The first-order valence-corrected chi connectivity index (χ1v) is 7.65. The molecule has 2 N–H and O–H groups in total. The highest BCUT2D eigenvalue weighted by Gasteiger charge is 2.24. The van der Waals surface area contributed by atoms with Crippen molar-refractivity contribution in [3.05, 3.63) is 0 Å². The van der Waals surface area contributed by atoms with E-state index in [4.69, 9.17) is 0 Å². The van der Waals surface area contributed by atoms with Gasteiger partial charge in [0.05, 0.1) is 6.54 Å². The molecular formula is C15H31N3O. The van der Waals surface area contributed by atoms with Gasteiger partial charge in [-0.3, -0.25) is 9.69 Å². The lowest BCUT2D eigenvalue weighted by Crippen LogP contribution is -2.56. The highest BCUT2D eigenvalue weighted by atomic mass is 16.2. The molecule has 1 fully saturated rings. The summed E-state index contributed by atoms with van der Waals surface area (Å²) in [5.41, 5.74) is 0. The fourth-order valence-electron chi connectivity index (χ4n) is 2.48. The van der Waals surface area contributed by atoms with Crippen LogP contribution in [0.5, 0.6) is 0 Å². The van der Waals surface area contributed by atoms with E-state index in [0.29, 0.717) is 24.5 Å². The fourth-order valence-corrected chi connectivity index (χ4v) is 2.48. The van der Waals surface area contributed by atoms with Crippen molar-refractivity contribution in [2.24, 2.45) is 5.92 Å². The molecule has 0 saturated carbocycles. The Morgan fingerprint density at radius 2 is 2.00 bits per heavy atom. The van der Waals surface area contributed by atoms with Crippen molar-refractivity contribution in [3.63, 3.8) is 0 Å². The zero-order valence-corrected chi connectivity index (χ0v) is 13.2. The van der Waals surface area contributed by atoms with Crippen LogP contribution >= 0.6 is 0 Å². The number of carbonyl (C=O) groups excluding carboxylic acids is 1. The predicted octanol–water partition coefficient (Wildman–Crippen LogP) is 1.61. The lowest BCUT2D eigenvalue weighted by atomic mass is 10.0. The third kappa shape index (κ3) is 6.39. The maximum absolute atomic E-state index is 12.0. The summed E-state index contributed by atoms with van der Waals surface area (Å²) in [6.45, 7) is 13.3. The third-order valence-electron chi connectivity index (χ3n) is 3.82. The van der Waals surface area contributed by atoms with Crippen molar-refractivity contribution in [3.8, 4) is 0 Å². The summed E-state index contributed by atoms with van der Waals surface area (Å²) in [6.07, 6.45) is 2.24. The van der Waals surface area contributed by atoms with Gasteiger partial charge in [-0.05, 0) is 39.5 Å². The minimum atomic E-state index is 0.164. The smallest absolute Gasteiger partial charge is 0.234 e. The third-order valence-corrected chi connectivity index (χ3v) is 3.82. The lowest BCUT2D eigenvalue weighted by Gasteiger charge is -2.37. The summed E-state index contributed by atoms with van der Waals surface area (Å²) in [7, 11) is 0. The van der Waals surface area contributed by atoms with Crippen LogP contribution in [0.15, 0.2) is 0 Å². The zero-order valence-electron chi connectivity index (χ0n) is 13.2. The number of carbonyl (C=O) groups is 1. The molecule has 112 valence electrons. The molecule has 4 heteroatoms. The second-order valence-corrected chi connectivity index (χ2v) is 6.53. The molecule has 0 spiro atoms. The zero-order chi connectivity index (χ0) is 14.4. The van der Waals surface area contributed by atoms with Crippen LogP contribution < -0.4 is 10.6 Å². The number of nitrogens with zero attached hydrogens (tertiary/aromatic N) is 1. The van der Waals surface area contributed by atoms with Crippen LogP contribution in [0.3, 0.4) is 0 Å². The Kier molecular flexibility index (Phi) is 6.80. The van der Waals surface area contributed by atoms with Crippen LogP contribution in [0, 0.1) is 5.92 Å². The molecule has 0 bridgehead atoms. The molecule has 1 aliphatic heterocycles. The molecule has 19 heavy (non-hydrogen) atoms. The standard InChI is InChI=1S/C15H31N3O/c1-11(2)6-7-12(3)17-15(19)10-18-9-13(4)16-8-14(18)5/h11-14,16H,6-10H2,1-5H3,(H,17,19). The SMILES string of the molecule is CC(C)CCC(C)NC(=O)CN1CC(C)NCC1C. The van der Waals surface area contributed by atoms with Crippen molar-refractivity contribution >= 4 is 5.91 Å². The van der Waals surface area contributed by atoms with Crippen LogP contribution in [0.2, 0.25) is 0 Å². The van der Waals surface area contributed by atoms with Crippen molar-refractivity contribution in [2.75, 3.05) is 19.6 Å². The molecule has 1 heterocycles. The van der Waals surface area contributed by atoms with E-state index in [1.165, 1.54) is 6.42 Å². The van der Waals surface area contributed by atoms with Gasteiger partial charge in [-0.25, -0.2) is 0 Å². The number of amides is 1. The van der Waals surface area contributed by atoms with Gasteiger partial charge in [-0.15, -0.1) is 0 Å². The molecule has 0 aromatic heterocycles. The van der Waals surface area contributed by atoms with E-state index in [1.807, 2.05) is 0 Å². The van der Waals surface area contributed by atoms with E-state index in [9.17, 15) is 4.79 Å². The van der Waals surface area contributed by atoms with Gasteiger partial charge < -0.3 is 10.6 Å². The average Bonchev–Trinajstić information content (AvgIpc) is 2.31. The van der Waals surface area contributed by atoms with Crippen LogP contribution in [-0.2, 0) is 4.79 Å². The molecular weight excluding hydrogens is 238 g/mol. The van der Waals surface area contributed by atoms with Crippen molar-refractivity contribution in [1.29, 1.82) is 0 Å². The van der Waals surface area contributed by atoms with Gasteiger partial charge in [-0.2, -0.15) is 0 Å². The van der Waals surface area contributed by atoms with Gasteiger partial charge in [0, 0.05) is 31.2 Å². The number of rotatable bonds is 6. The van der Waals surface area contributed by atoms with E-state index in [1.54, 1.807) is 0 Å². The van der Waals surface area contributed by atoms with E-state index in [0.717, 1.165) is 19.5 Å². The second-order valence-electron chi connectivity index (χ2n) is 6.53. The maximum atomic E-state index is 12.0. The van der Waals surface area contributed by atoms with Crippen LogP contribution in [0.1, 0.15) is 47.5 Å². The van der Waals surface area contributed by atoms with Gasteiger partial charge in [0.2, 0.25) is 5.91 Å². The Morgan fingerprint density at radius 3 is 2.63 bits per heavy atom. The normalized spacial score (nSPS) is 26.4. The highest BCUT2D eigenvalue weighted by molar-refractivity contribution is 5.78. The number of piperazine rings is 1. The van der Waals surface area contributed by atoms with E-state index in [2.05, 4.69) is 50.2 Å². The summed E-state index contributed by atoms with van der Waals surface area (Å²) < 4.78 is 0. The Balaban J connectivity index is 2.29. The molecule has 1 saturated heterocycles. The Labute approximate surface area is 118 Å². The van der Waals surface area contributed by atoms with Crippen molar-refractivity contribution < 1.29 is 4.79 Å². The van der Waals surface area contributed by atoms with Crippen molar-refractivity contribution in [2.45, 2.75) is 65.6 Å². The molecule has 1 rings (SSSR count). The minimum Gasteiger partial charge on any atom is -0.353 e. The van der Waals surface area contributed by atoms with Gasteiger partial charge >= 0.3 is 0 Å². The number of hydrogen-bond acceptors (Lipinski definition) is 3. The Morgan fingerprint density at radius 1 is 1.32 bits per heavy atom. The highest BCUT2D eigenvalue weighted by Crippen LogP contribution is 2.08. The molecule has 0 aromatic rings. The van der Waals surface area contributed by atoms with E-state index < -0.39 is 0 Å². The summed E-state index contributed by atoms with van der Waals surface area (Å²) >= 11 is 0. The first-order chi connectivity index (χ1) is 8.88. The molecule has 1 amide bonds. The number of hydrogen-bond donors (Lipinski definition) is 2. The molecule has 3 unspecified atom stereocenters. The Hall–Kier alpha value is -0.610. The first kappa shape index (κ1) is 16.4. The summed E-state index contributed by atoms with van der Waals surface area (Å²) in [5, 5.41) is 6.55. The Bertz CT molecular complexity index is 281. The number of nitrogens with one attached hydrogen (secondary N) is 2. The van der Waals surface area contributed by atoms with Gasteiger partial charge in [0.15, 0.2) is 0 Å². The monoisotopic (exact) mass is 269 g/mol. The quantitative estimate of drug-likeness (QED) is 0.770. The minimum absolute atomic E-state index is 0.164. The van der Waals surface area contributed by atoms with Gasteiger partial charge in [-0.1, -0.05) is 13.8 Å². The molecule has 3 atom stereocenters. The van der Waals surface area contributed by atoms with Crippen LogP contribution in [-0.4, -0.2) is 48.6 Å². The first-order valence-electron chi connectivity index (χ1n) is 7.65. The predicted molar refractivity (Wildman–Crippen MR) is 80.2 cm³/mol. The van der Waals surface area contributed by atoms with Gasteiger partial charge in [0.25, 0.3) is 0 Å². The molecule has 1 aliphatic rings. The molecule has 0 radical (unpaired) electrons. The fraction of sp³-hybridized carbons (Fsp3) is 0.933. The maximum Gasteiger partial charge on any atom is 0.234 e. The molecule has 0 aromatic carbocycles. The molecule has 0 aliphatic carbocycles. The van der Waals surface area contributed by atoms with Crippen LogP contribution in [0.4, 0.5) is 0 Å².